The van der Waals surface area contributed by atoms with Crippen molar-refractivity contribution < 1.29 is 37.8 Å². The molecule has 6 rings (SSSR count). The van der Waals surface area contributed by atoms with Gasteiger partial charge in [-0.25, -0.2) is 13.2 Å². The normalized spacial score (nSPS) is 46.1. The quantitative estimate of drug-likeness (QED) is 0.639. The smallest absolute Gasteiger partial charge is 0.193 e. The number of carbonyl (C=O) groups excluding carboxylic acids is 2. The summed E-state index contributed by atoms with van der Waals surface area (Å²) in [4.78, 5) is 31.8. The van der Waals surface area contributed by atoms with E-state index in [1.165, 1.54) is 42.3 Å². The lowest BCUT2D eigenvalue weighted by atomic mass is 9.44. The van der Waals surface area contributed by atoms with Crippen LogP contribution in [0.15, 0.2) is 48.1 Å². The van der Waals surface area contributed by atoms with E-state index in [9.17, 15) is 24.2 Å². The second-order valence-electron chi connectivity index (χ2n) is 11.7. The molecule has 9 heteroatoms. The Labute approximate surface area is 212 Å². The van der Waals surface area contributed by atoms with Gasteiger partial charge >= 0.3 is 0 Å². The van der Waals surface area contributed by atoms with Gasteiger partial charge < -0.3 is 10.2 Å². The van der Waals surface area contributed by atoms with Crippen molar-refractivity contribution in [3.05, 3.63) is 53.9 Å². The minimum atomic E-state index is -2.27. The van der Waals surface area contributed by atoms with Gasteiger partial charge in [-0.15, -0.1) is 0 Å². The first kappa shape index (κ1) is 24.8. The zero-order valence-electron chi connectivity index (χ0n) is 20.7. The SMILES string of the molecule is C[C@]12C=CC(=O)C=C1[C@@H](F)C[C@H]1[C@@H]3C[C@H]4CN(c5cccc(F)c5)O[C@@]4(C(=O)CO)[C@@]3(C)C[C@H](O)[C@@]12F. The molecule has 4 aliphatic carbocycles. The molecule has 9 atom stereocenters. The number of hydrogen-bond acceptors (Lipinski definition) is 6. The molecule has 0 spiro atoms. The number of alkyl halides is 2. The summed E-state index contributed by atoms with van der Waals surface area (Å²) in [5.74, 6) is -3.49. The summed E-state index contributed by atoms with van der Waals surface area (Å²) in [7, 11) is 0. The van der Waals surface area contributed by atoms with Gasteiger partial charge in [0, 0.05) is 22.7 Å². The number of aliphatic hydroxyl groups excluding tert-OH is 2. The maximum Gasteiger partial charge on any atom is 0.193 e. The summed E-state index contributed by atoms with van der Waals surface area (Å²) in [5.41, 5.74) is -6.09. The highest BCUT2D eigenvalue weighted by Crippen LogP contribution is 2.72. The van der Waals surface area contributed by atoms with E-state index in [1.54, 1.807) is 13.0 Å². The van der Waals surface area contributed by atoms with E-state index >= 15 is 8.78 Å². The molecule has 37 heavy (non-hydrogen) atoms. The summed E-state index contributed by atoms with van der Waals surface area (Å²) in [6.07, 6.45) is 0.474. The molecule has 0 bridgehead atoms. The minimum absolute atomic E-state index is 0.0364. The Balaban J connectivity index is 1.45. The zero-order chi connectivity index (χ0) is 26.5. The summed E-state index contributed by atoms with van der Waals surface area (Å²) in [6.45, 7) is 2.65. The Morgan fingerprint density at radius 3 is 2.70 bits per heavy atom. The number of ketones is 2. The van der Waals surface area contributed by atoms with E-state index in [1.807, 2.05) is 0 Å². The van der Waals surface area contributed by atoms with Crippen LogP contribution in [-0.4, -0.2) is 58.5 Å². The number of benzene rings is 1. The van der Waals surface area contributed by atoms with Crippen molar-refractivity contribution in [2.45, 2.75) is 56.7 Å². The first-order chi connectivity index (χ1) is 17.4. The van der Waals surface area contributed by atoms with Crippen molar-refractivity contribution in [3.8, 4) is 0 Å². The molecule has 1 aromatic rings. The van der Waals surface area contributed by atoms with E-state index in [-0.39, 0.29) is 25.0 Å². The van der Waals surface area contributed by atoms with Crippen LogP contribution in [0.5, 0.6) is 0 Å². The van der Waals surface area contributed by atoms with E-state index in [0.29, 0.717) is 12.1 Å². The maximum absolute atomic E-state index is 17.4. The standard InChI is InChI=1S/C28H30F3NO5/c1-25-7-6-18(34)10-21(25)22(30)11-20-19-8-15-13-32(17-5-3-4-16(29)9-17)37-28(15,24(36)14-33)26(19,2)12-23(35)27(20,25)31/h3-7,9-10,15,19-20,22-23,33,35H,8,11-14H2,1-2H3/t15-,19-,20-,22-,23-,25-,26-,27-,28-/m0/s1. The Hall–Kier alpha value is -2.49. The van der Waals surface area contributed by atoms with Crippen molar-refractivity contribution in [2.75, 3.05) is 18.2 Å². The second kappa shape index (κ2) is 7.77. The third kappa shape index (κ3) is 2.88. The molecule has 1 heterocycles. The third-order valence-electron chi connectivity index (χ3n) is 10.3. The van der Waals surface area contributed by atoms with E-state index in [2.05, 4.69) is 0 Å². The van der Waals surface area contributed by atoms with Gasteiger partial charge in [0.25, 0.3) is 0 Å². The Bertz CT molecular complexity index is 1250. The molecule has 0 unspecified atom stereocenters. The van der Waals surface area contributed by atoms with Crippen LogP contribution in [0.2, 0.25) is 0 Å². The van der Waals surface area contributed by atoms with Gasteiger partial charge in [0.2, 0.25) is 0 Å². The number of hydrogen-bond donors (Lipinski definition) is 2. The van der Waals surface area contributed by atoms with Crippen LogP contribution in [0.1, 0.15) is 33.1 Å². The van der Waals surface area contributed by atoms with Gasteiger partial charge in [0.15, 0.2) is 22.8 Å². The molecule has 4 fully saturated rings. The lowest BCUT2D eigenvalue weighted by molar-refractivity contribution is -0.228. The third-order valence-corrected chi connectivity index (χ3v) is 10.3. The lowest BCUT2D eigenvalue weighted by Gasteiger charge is -2.63. The highest BCUT2D eigenvalue weighted by Gasteiger charge is 2.79. The van der Waals surface area contributed by atoms with Crippen molar-refractivity contribution in [1.29, 1.82) is 0 Å². The molecule has 3 saturated carbocycles. The highest BCUT2D eigenvalue weighted by molar-refractivity contribution is 6.01. The fourth-order valence-electron chi connectivity index (χ4n) is 8.65. The molecule has 2 N–H and O–H groups in total. The number of anilines is 1. The van der Waals surface area contributed by atoms with Gasteiger partial charge in [0.1, 0.15) is 18.6 Å². The van der Waals surface area contributed by atoms with Gasteiger partial charge in [-0.3, -0.25) is 19.5 Å². The number of hydroxylamine groups is 1. The fourth-order valence-corrected chi connectivity index (χ4v) is 8.65. The molecule has 1 aliphatic heterocycles. The molecule has 1 saturated heterocycles. The molecular weight excluding hydrogens is 487 g/mol. The van der Waals surface area contributed by atoms with Gasteiger partial charge in [-0.05, 0) is 68.0 Å². The van der Waals surface area contributed by atoms with E-state index in [0.717, 1.165) is 6.08 Å². The maximum atomic E-state index is 17.4. The number of aliphatic hydroxyl groups is 2. The molecule has 0 amide bonds. The van der Waals surface area contributed by atoms with Crippen LogP contribution in [-0.2, 0) is 14.4 Å². The molecule has 0 aromatic heterocycles. The van der Waals surface area contributed by atoms with Crippen LogP contribution in [0, 0.1) is 34.4 Å². The zero-order valence-corrected chi connectivity index (χ0v) is 20.7. The first-order valence-electron chi connectivity index (χ1n) is 12.7. The largest absolute Gasteiger partial charge is 0.390 e. The van der Waals surface area contributed by atoms with Gasteiger partial charge in [0.05, 0.1) is 18.3 Å². The number of carbonyl (C=O) groups is 2. The molecule has 5 aliphatic rings. The number of Topliss-reactive ketones (excluding diaryl/α,β-unsaturated/α-hetero) is 1. The van der Waals surface area contributed by atoms with Crippen molar-refractivity contribution in [1.82, 2.24) is 0 Å². The topological polar surface area (TPSA) is 87.1 Å². The monoisotopic (exact) mass is 517 g/mol. The van der Waals surface area contributed by atoms with Crippen molar-refractivity contribution in [2.24, 2.45) is 28.6 Å². The van der Waals surface area contributed by atoms with Crippen molar-refractivity contribution in [3.63, 3.8) is 0 Å². The summed E-state index contributed by atoms with van der Waals surface area (Å²) < 4.78 is 47.0. The minimum Gasteiger partial charge on any atom is -0.390 e. The predicted octanol–water partition coefficient (Wildman–Crippen LogP) is 3.42. The first-order valence-corrected chi connectivity index (χ1v) is 12.7. The van der Waals surface area contributed by atoms with Crippen LogP contribution >= 0.6 is 0 Å². The van der Waals surface area contributed by atoms with Crippen LogP contribution in [0.3, 0.4) is 0 Å². The van der Waals surface area contributed by atoms with Crippen LogP contribution < -0.4 is 5.06 Å². The molecular formula is C28H30F3NO5. The van der Waals surface area contributed by atoms with Crippen molar-refractivity contribution >= 4 is 17.3 Å². The molecule has 1 aromatic carbocycles. The second-order valence-corrected chi connectivity index (χ2v) is 11.7. The van der Waals surface area contributed by atoms with E-state index < -0.39 is 76.1 Å². The number of halogens is 3. The summed E-state index contributed by atoms with van der Waals surface area (Å²) in [6, 6.07) is 5.73. The fraction of sp³-hybridized carbons (Fsp3) is 0.571. The lowest BCUT2D eigenvalue weighted by Crippen LogP contribution is -2.70. The summed E-state index contributed by atoms with van der Waals surface area (Å²) in [5, 5.41) is 22.9. The Kier molecular flexibility index (Phi) is 5.21. The highest BCUT2D eigenvalue weighted by atomic mass is 19.1. The average molecular weight is 518 g/mol. The number of nitrogens with zero attached hydrogens (tertiary/aromatic N) is 1. The average Bonchev–Trinajstić information content (AvgIpc) is 3.35. The molecule has 6 nitrogen and oxygen atoms in total. The number of allylic oxidation sites excluding steroid dienone is 4. The number of fused-ring (bicyclic) bond motifs is 7. The Morgan fingerprint density at radius 1 is 1.24 bits per heavy atom. The molecule has 198 valence electrons. The van der Waals surface area contributed by atoms with Crippen LogP contribution in [0.4, 0.5) is 18.9 Å². The number of rotatable bonds is 3. The summed E-state index contributed by atoms with van der Waals surface area (Å²) >= 11 is 0. The van der Waals surface area contributed by atoms with Crippen LogP contribution in [0.25, 0.3) is 0 Å². The van der Waals surface area contributed by atoms with Gasteiger partial charge in [-0.1, -0.05) is 19.1 Å². The van der Waals surface area contributed by atoms with Gasteiger partial charge in [-0.2, -0.15) is 0 Å². The molecule has 0 radical (unpaired) electrons. The predicted molar refractivity (Wildman–Crippen MR) is 127 cm³/mol. The Morgan fingerprint density at radius 2 is 2.00 bits per heavy atom. The van der Waals surface area contributed by atoms with E-state index in [4.69, 9.17) is 4.84 Å².